The van der Waals surface area contributed by atoms with Crippen molar-refractivity contribution in [3.05, 3.63) is 0 Å². The van der Waals surface area contributed by atoms with Crippen molar-refractivity contribution in [2.45, 2.75) is 18.5 Å². The number of ether oxygens (including phenoxy) is 1. The van der Waals surface area contributed by atoms with Gasteiger partial charge in [-0.3, -0.25) is 4.52 Å². The third kappa shape index (κ3) is 7.31. The molecule has 1 aliphatic rings. The van der Waals surface area contributed by atoms with Gasteiger partial charge >= 0.3 is 23.5 Å². The van der Waals surface area contributed by atoms with E-state index in [1.165, 1.54) is 0 Å². The van der Waals surface area contributed by atoms with E-state index < -0.39 is 42.2 Å². The molecule has 0 aromatic heterocycles. The Morgan fingerprint density at radius 3 is 2.23 bits per heavy atom. The molecule has 5 atom stereocenters. The number of hydrogen-bond acceptors (Lipinski definition) is 8. The van der Waals surface area contributed by atoms with E-state index in [1.807, 2.05) is 0 Å². The van der Waals surface area contributed by atoms with Crippen LogP contribution < -0.4 is 5.73 Å². The van der Waals surface area contributed by atoms with E-state index >= 15 is 0 Å². The fourth-order valence-electron chi connectivity index (χ4n) is 1.74. The molecular formula is C6H15BNO11P3. The Kier molecular flexibility index (Phi) is 6.99. The summed E-state index contributed by atoms with van der Waals surface area (Å²) in [6, 6.07) is -0.636. The molecule has 0 aromatic rings. The highest BCUT2D eigenvalue weighted by Gasteiger charge is 2.42. The first kappa shape index (κ1) is 20.4. The summed E-state index contributed by atoms with van der Waals surface area (Å²) >= 11 is 0. The average Bonchev–Trinajstić information content (AvgIpc) is 2.62. The standard InChI is InChI=1S/C6H15BNO11P3/c7-6-1-4(2-8)5(17-6)3-16-21(12,13)19-22(14,15)18-20(9,10)11/h4-6H,1-3,8H2,(H,12,13)(H,14,15)(H2,9,10,11)/t4-,5?,6+/m0/s1. The highest BCUT2D eigenvalue weighted by Crippen LogP contribution is 2.66. The van der Waals surface area contributed by atoms with Gasteiger partial charge in [-0.15, -0.1) is 0 Å². The van der Waals surface area contributed by atoms with Crippen LogP contribution in [0.1, 0.15) is 6.42 Å². The topological polar surface area (TPSA) is 195 Å². The predicted octanol–water partition coefficient (Wildman–Crippen LogP) is -0.812. The van der Waals surface area contributed by atoms with Crippen LogP contribution in [0.3, 0.4) is 0 Å². The molecule has 0 amide bonds. The first-order valence-corrected chi connectivity index (χ1v) is 10.2. The summed E-state index contributed by atoms with van der Waals surface area (Å²) in [5.41, 5.74) is 5.45. The van der Waals surface area contributed by atoms with Crippen molar-refractivity contribution in [1.82, 2.24) is 0 Å². The Bertz CT molecular complexity index is 524. The fraction of sp³-hybridized carbons (Fsp3) is 1.00. The highest BCUT2D eigenvalue weighted by atomic mass is 31.3. The number of rotatable bonds is 8. The molecule has 0 spiro atoms. The summed E-state index contributed by atoms with van der Waals surface area (Å²) in [5.74, 6) is -0.262. The summed E-state index contributed by atoms with van der Waals surface area (Å²) in [5, 5.41) is 0. The normalized spacial score (nSPS) is 31.6. The molecule has 3 unspecified atom stereocenters. The minimum absolute atomic E-state index is 0.165. The maximum atomic E-state index is 11.5. The van der Waals surface area contributed by atoms with E-state index in [-0.39, 0.29) is 12.5 Å². The van der Waals surface area contributed by atoms with Crippen LogP contribution in [0.5, 0.6) is 0 Å². The van der Waals surface area contributed by atoms with Gasteiger partial charge in [0.15, 0.2) is 0 Å². The Morgan fingerprint density at radius 1 is 1.14 bits per heavy atom. The average molecular weight is 381 g/mol. The third-order valence-corrected chi connectivity index (χ3v) is 6.33. The van der Waals surface area contributed by atoms with Gasteiger partial charge in [0.25, 0.3) is 0 Å². The monoisotopic (exact) mass is 381 g/mol. The first-order valence-electron chi connectivity index (χ1n) is 5.73. The molecule has 16 heteroatoms. The van der Waals surface area contributed by atoms with E-state index in [2.05, 4.69) is 13.1 Å². The van der Waals surface area contributed by atoms with E-state index in [4.69, 9.17) is 33.0 Å². The van der Waals surface area contributed by atoms with Crippen molar-refractivity contribution in [3.63, 3.8) is 0 Å². The van der Waals surface area contributed by atoms with Crippen molar-refractivity contribution >= 4 is 31.3 Å². The van der Waals surface area contributed by atoms with E-state index in [9.17, 15) is 18.6 Å². The van der Waals surface area contributed by atoms with Crippen molar-refractivity contribution in [1.29, 1.82) is 0 Å². The highest BCUT2D eigenvalue weighted by molar-refractivity contribution is 7.66. The van der Waals surface area contributed by atoms with E-state index in [0.29, 0.717) is 6.42 Å². The molecule has 6 N–H and O–H groups in total. The van der Waals surface area contributed by atoms with Gasteiger partial charge in [0, 0.05) is 11.9 Å². The molecule has 22 heavy (non-hydrogen) atoms. The number of nitrogens with two attached hydrogens (primary N) is 1. The smallest absolute Gasteiger partial charge is 0.382 e. The Hall–Kier alpha value is 0.395. The predicted molar refractivity (Wildman–Crippen MR) is 71.4 cm³/mol. The molecule has 0 saturated carbocycles. The second-order valence-corrected chi connectivity index (χ2v) is 8.75. The Morgan fingerprint density at radius 2 is 1.73 bits per heavy atom. The summed E-state index contributed by atoms with van der Waals surface area (Å²) in [4.78, 5) is 34.9. The lowest BCUT2D eigenvalue weighted by atomic mass is 9.91. The van der Waals surface area contributed by atoms with Crippen molar-refractivity contribution in [2.24, 2.45) is 11.7 Å². The van der Waals surface area contributed by atoms with Gasteiger partial charge in [0.05, 0.1) is 12.7 Å². The summed E-state index contributed by atoms with van der Waals surface area (Å²) in [6.07, 6.45) is -0.356. The second kappa shape index (κ2) is 7.52. The molecular weight excluding hydrogens is 366 g/mol. The number of hydrogen-bond donors (Lipinski definition) is 5. The SMILES string of the molecule is [B][C@H]1C[C@@H](CN)C(COP(=O)(O)OP(=O)(O)OP(=O)(O)O)O1. The Labute approximate surface area is 126 Å². The van der Waals surface area contributed by atoms with Gasteiger partial charge < -0.3 is 30.0 Å². The van der Waals surface area contributed by atoms with Crippen molar-refractivity contribution in [2.75, 3.05) is 13.2 Å². The zero-order chi connectivity index (χ0) is 17.2. The van der Waals surface area contributed by atoms with Crippen LogP contribution in [0, 0.1) is 5.92 Å². The van der Waals surface area contributed by atoms with Crippen LogP contribution in [-0.4, -0.2) is 52.7 Å². The molecule has 0 aliphatic carbocycles. The second-order valence-electron chi connectivity index (χ2n) is 4.33. The lowest BCUT2D eigenvalue weighted by molar-refractivity contribution is 0.0258. The van der Waals surface area contributed by atoms with Gasteiger partial charge in [-0.25, -0.2) is 13.7 Å². The Balaban J connectivity index is 2.59. The summed E-state index contributed by atoms with van der Waals surface area (Å²) in [7, 11) is -10.6. The molecule has 2 radical (unpaired) electrons. The molecule has 1 heterocycles. The van der Waals surface area contributed by atoms with Crippen LogP contribution >= 0.6 is 23.5 Å². The lowest BCUT2D eigenvalue weighted by Gasteiger charge is -2.20. The molecule has 1 aliphatic heterocycles. The van der Waals surface area contributed by atoms with Crippen molar-refractivity contribution < 1.29 is 51.2 Å². The summed E-state index contributed by atoms with van der Waals surface area (Å²) in [6.45, 7) is -0.378. The maximum Gasteiger partial charge on any atom is 0.490 e. The largest absolute Gasteiger partial charge is 0.490 e. The first-order chi connectivity index (χ1) is 9.84. The summed E-state index contributed by atoms with van der Waals surface area (Å²) < 4.78 is 49.7. The zero-order valence-corrected chi connectivity index (χ0v) is 13.7. The van der Waals surface area contributed by atoms with Gasteiger partial charge in [0.1, 0.15) is 7.85 Å². The third-order valence-electron chi connectivity index (χ3n) is 2.53. The molecule has 0 bridgehead atoms. The van der Waals surface area contributed by atoms with Crippen LogP contribution in [-0.2, 0) is 31.6 Å². The number of phosphoric ester groups is 1. The van der Waals surface area contributed by atoms with Gasteiger partial charge in [-0.05, 0) is 13.0 Å². The van der Waals surface area contributed by atoms with Crippen LogP contribution in [0.2, 0.25) is 0 Å². The van der Waals surface area contributed by atoms with Crippen LogP contribution in [0.15, 0.2) is 0 Å². The maximum absolute atomic E-state index is 11.5. The van der Waals surface area contributed by atoms with Crippen LogP contribution in [0.25, 0.3) is 0 Å². The molecule has 1 saturated heterocycles. The zero-order valence-electron chi connectivity index (χ0n) is 11.0. The van der Waals surface area contributed by atoms with E-state index in [1.54, 1.807) is 0 Å². The molecule has 12 nitrogen and oxygen atoms in total. The molecule has 0 aromatic carbocycles. The minimum Gasteiger partial charge on any atom is -0.382 e. The van der Waals surface area contributed by atoms with Gasteiger partial charge in [0.2, 0.25) is 0 Å². The lowest BCUT2D eigenvalue weighted by Crippen LogP contribution is -2.27. The van der Waals surface area contributed by atoms with Gasteiger partial charge in [-0.1, -0.05) is 0 Å². The quantitative estimate of drug-likeness (QED) is 0.259. The molecule has 128 valence electrons. The van der Waals surface area contributed by atoms with Crippen LogP contribution in [0.4, 0.5) is 0 Å². The molecule has 1 rings (SSSR count). The number of phosphoric acid groups is 3. The van der Waals surface area contributed by atoms with Crippen molar-refractivity contribution in [3.8, 4) is 0 Å². The minimum atomic E-state index is -5.52. The van der Waals surface area contributed by atoms with E-state index in [0.717, 1.165) is 0 Å². The fourth-order valence-corrected chi connectivity index (χ4v) is 4.77. The van der Waals surface area contributed by atoms with Gasteiger partial charge in [-0.2, -0.15) is 8.62 Å². The molecule has 1 fully saturated rings.